The average Bonchev–Trinajstić information content (AvgIpc) is 2.86. The Hall–Kier alpha value is -0.980. The molecule has 0 spiro atoms. The summed E-state index contributed by atoms with van der Waals surface area (Å²) in [5, 5.41) is 8.41. The Morgan fingerprint density at radius 1 is 1.26 bits per heavy atom. The Morgan fingerprint density at radius 3 is 2.79 bits per heavy atom. The highest BCUT2D eigenvalue weighted by molar-refractivity contribution is 9.10. The molecule has 1 aromatic carbocycles. The zero-order chi connectivity index (χ0) is 13.5. The molecule has 1 heterocycles. The van der Waals surface area contributed by atoms with Crippen molar-refractivity contribution in [3.05, 3.63) is 40.0 Å². The Kier molecular flexibility index (Phi) is 5.75. The molecule has 0 aliphatic rings. The summed E-state index contributed by atoms with van der Waals surface area (Å²) in [4.78, 5) is 0. The fourth-order valence-corrected chi connectivity index (χ4v) is 2.38. The van der Waals surface area contributed by atoms with Crippen LogP contribution in [0.1, 0.15) is 24.6 Å². The topological polar surface area (TPSA) is 47.0 Å². The van der Waals surface area contributed by atoms with Gasteiger partial charge in [0.2, 0.25) is 0 Å². The lowest BCUT2D eigenvalue weighted by atomic mass is 10.2. The highest BCUT2D eigenvalue weighted by Gasteiger charge is 2.07. The predicted octanol–water partition coefficient (Wildman–Crippen LogP) is 3.84. The zero-order valence-corrected chi connectivity index (χ0v) is 13.1. The number of hydrogen-bond acceptors (Lipinski definition) is 5. The molecule has 6 heteroatoms. The van der Waals surface area contributed by atoms with Crippen LogP contribution in [-0.2, 0) is 18.0 Å². The van der Waals surface area contributed by atoms with E-state index in [4.69, 9.17) is 4.74 Å². The zero-order valence-electron chi connectivity index (χ0n) is 10.7. The fourth-order valence-electron chi connectivity index (χ4n) is 1.52. The van der Waals surface area contributed by atoms with Crippen LogP contribution in [0.4, 0.5) is 5.00 Å². The Morgan fingerprint density at radius 2 is 2.05 bits per heavy atom. The molecule has 0 amide bonds. The molecule has 102 valence electrons. The van der Waals surface area contributed by atoms with Crippen molar-refractivity contribution in [2.45, 2.75) is 26.6 Å². The minimum atomic E-state index is 0.485. The summed E-state index contributed by atoms with van der Waals surface area (Å²) in [5.41, 5.74) is 2.03. The molecule has 0 atom stereocenters. The van der Waals surface area contributed by atoms with Crippen molar-refractivity contribution >= 4 is 32.5 Å². The van der Waals surface area contributed by atoms with Gasteiger partial charge in [-0.25, -0.2) is 0 Å². The van der Waals surface area contributed by atoms with Gasteiger partial charge in [0, 0.05) is 22.5 Å². The van der Waals surface area contributed by atoms with E-state index in [1.54, 1.807) is 0 Å². The van der Waals surface area contributed by atoms with Crippen molar-refractivity contribution in [3.63, 3.8) is 0 Å². The number of aromatic nitrogens is 2. The van der Waals surface area contributed by atoms with Crippen LogP contribution in [0.3, 0.4) is 0 Å². The number of ether oxygens (including phenoxy) is 1. The largest absolute Gasteiger partial charge is 0.374 e. The maximum absolute atomic E-state index is 5.67. The lowest BCUT2D eigenvalue weighted by molar-refractivity contribution is 0.105. The minimum absolute atomic E-state index is 0.485. The first kappa shape index (κ1) is 14.4. The van der Waals surface area contributed by atoms with E-state index in [2.05, 4.69) is 37.8 Å². The number of halogens is 1. The van der Waals surface area contributed by atoms with Gasteiger partial charge in [-0.1, -0.05) is 39.5 Å². The lowest BCUT2D eigenvalue weighted by Crippen LogP contribution is -2.02. The first-order valence-electron chi connectivity index (χ1n) is 6.17. The molecular formula is C13H16BrN3OS. The standard InChI is InChI=1S/C13H16BrN3OS/c1-2-7-15-13-12(16-17-19-13)9-18-8-10-3-5-11(14)6-4-10/h3-6,15H,2,7-9H2,1H3. The van der Waals surface area contributed by atoms with E-state index >= 15 is 0 Å². The van der Waals surface area contributed by atoms with Crippen molar-refractivity contribution in [3.8, 4) is 0 Å². The van der Waals surface area contributed by atoms with Crippen LogP contribution in [0.25, 0.3) is 0 Å². The Balaban J connectivity index is 1.82. The van der Waals surface area contributed by atoms with Gasteiger partial charge in [0.15, 0.2) is 0 Å². The maximum atomic E-state index is 5.67. The summed E-state index contributed by atoms with van der Waals surface area (Å²) in [7, 11) is 0. The van der Waals surface area contributed by atoms with Crippen LogP contribution < -0.4 is 5.32 Å². The van der Waals surface area contributed by atoms with Crippen molar-refractivity contribution in [1.82, 2.24) is 9.59 Å². The summed E-state index contributed by atoms with van der Waals surface area (Å²) >= 11 is 4.79. The molecule has 0 aliphatic carbocycles. The Labute approximate surface area is 125 Å². The van der Waals surface area contributed by atoms with E-state index in [0.29, 0.717) is 13.2 Å². The molecule has 1 aromatic heterocycles. The maximum Gasteiger partial charge on any atom is 0.135 e. The van der Waals surface area contributed by atoms with Crippen LogP contribution in [0.2, 0.25) is 0 Å². The third-order valence-corrected chi connectivity index (χ3v) is 3.77. The normalized spacial score (nSPS) is 10.6. The fraction of sp³-hybridized carbons (Fsp3) is 0.385. The molecule has 4 nitrogen and oxygen atoms in total. The van der Waals surface area contributed by atoms with Crippen molar-refractivity contribution in [2.24, 2.45) is 0 Å². The average molecular weight is 342 g/mol. The lowest BCUT2D eigenvalue weighted by Gasteiger charge is -2.05. The number of nitrogens with zero attached hydrogens (tertiary/aromatic N) is 2. The van der Waals surface area contributed by atoms with E-state index in [0.717, 1.165) is 33.7 Å². The van der Waals surface area contributed by atoms with Gasteiger partial charge in [-0.05, 0) is 24.1 Å². The number of anilines is 1. The van der Waals surface area contributed by atoms with Gasteiger partial charge in [-0.3, -0.25) is 0 Å². The van der Waals surface area contributed by atoms with E-state index in [1.165, 1.54) is 11.5 Å². The van der Waals surface area contributed by atoms with Crippen molar-refractivity contribution in [1.29, 1.82) is 0 Å². The SMILES string of the molecule is CCCNc1snnc1COCc1ccc(Br)cc1. The monoisotopic (exact) mass is 341 g/mol. The Bertz CT molecular complexity index is 501. The quantitative estimate of drug-likeness (QED) is 0.831. The first-order valence-corrected chi connectivity index (χ1v) is 7.73. The summed E-state index contributed by atoms with van der Waals surface area (Å²) in [6, 6.07) is 8.11. The van der Waals surface area contributed by atoms with E-state index < -0.39 is 0 Å². The second kappa shape index (κ2) is 7.57. The number of nitrogens with one attached hydrogen (secondary N) is 1. The van der Waals surface area contributed by atoms with Crippen LogP contribution in [0, 0.1) is 0 Å². The van der Waals surface area contributed by atoms with Gasteiger partial charge < -0.3 is 10.1 Å². The van der Waals surface area contributed by atoms with Gasteiger partial charge in [-0.2, -0.15) is 0 Å². The van der Waals surface area contributed by atoms with Crippen LogP contribution in [0.5, 0.6) is 0 Å². The van der Waals surface area contributed by atoms with Gasteiger partial charge >= 0.3 is 0 Å². The molecular weight excluding hydrogens is 326 g/mol. The third-order valence-electron chi connectivity index (χ3n) is 2.51. The van der Waals surface area contributed by atoms with Gasteiger partial charge in [0.1, 0.15) is 10.7 Å². The summed E-state index contributed by atoms with van der Waals surface area (Å²) in [5.74, 6) is 0. The first-order chi connectivity index (χ1) is 9.29. The second-order valence-corrected chi connectivity index (χ2v) is 5.76. The number of rotatable bonds is 7. The van der Waals surface area contributed by atoms with Crippen molar-refractivity contribution in [2.75, 3.05) is 11.9 Å². The van der Waals surface area contributed by atoms with Crippen LogP contribution in [0.15, 0.2) is 28.7 Å². The molecule has 0 saturated carbocycles. The molecule has 2 rings (SSSR count). The number of hydrogen-bond donors (Lipinski definition) is 1. The molecule has 0 saturated heterocycles. The van der Waals surface area contributed by atoms with E-state index in [-0.39, 0.29) is 0 Å². The highest BCUT2D eigenvalue weighted by atomic mass is 79.9. The highest BCUT2D eigenvalue weighted by Crippen LogP contribution is 2.19. The summed E-state index contributed by atoms with van der Waals surface area (Å²) in [6.45, 7) is 4.13. The van der Waals surface area contributed by atoms with Gasteiger partial charge in [0.05, 0.1) is 13.2 Å². The summed E-state index contributed by atoms with van der Waals surface area (Å²) < 4.78 is 10.7. The van der Waals surface area contributed by atoms with Gasteiger partial charge in [0.25, 0.3) is 0 Å². The molecule has 2 aromatic rings. The van der Waals surface area contributed by atoms with Gasteiger partial charge in [-0.15, -0.1) is 5.10 Å². The van der Waals surface area contributed by atoms with Crippen molar-refractivity contribution < 1.29 is 4.74 Å². The minimum Gasteiger partial charge on any atom is -0.374 e. The molecule has 0 radical (unpaired) electrons. The molecule has 0 fully saturated rings. The molecule has 0 bridgehead atoms. The molecule has 19 heavy (non-hydrogen) atoms. The van der Waals surface area contributed by atoms with E-state index in [9.17, 15) is 0 Å². The third kappa shape index (κ3) is 4.56. The number of benzene rings is 1. The van der Waals surface area contributed by atoms with Crippen LogP contribution >= 0.6 is 27.5 Å². The molecule has 0 unspecified atom stereocenters. The predicted molar refractivity (Wildman–Crippen MR) is 81.3 cm³/mol. The second-order valence-electron chi connectivity index (χ2n) is 4.09. The van der Waals surface area contributed by atoms with Crippen LogP contribution in [-0.4, -0.2) is 16.1 Å². The van der Waals surface area contributed by atoms with E-state index in [1.807, 2.05) is 24.3 Å². The summed E-state index contributed by atoms with van der Waals surface area (Å²) in [6.07, 6.45) is 1.08. The smallest absolute Gasteiger partial charge is 0.135 e. The molecule has 1 N–H and O–H groups in total. The molecule has 0 aliphatic heterocycles.